The van der Waals surface area contributed by atoms with Crippen molar-refractivity contribution >= 4 is 11.8 Å². The third-order valence-electron chi connectivity index (χ3n) is 4.66. The predicted octanol–water partition coefficient (Wildman–Crippen LogP) is 4.03. The van der Waals surface area contributed by atoms with Crippen LogP contribution in [0.3, 0.4) is 0 Å². The second kappa shape index (κ2) is 10.2. The first-order chi connectivity index (χ1) is 14.5. The molecule has 2 aromatic rings. The van der Waals surface area contributed by atoms with E-state index in [-0.39, 0.29) is 35.3 Å². The van der Waals surface area contributed by atoms with Crippen molar-refractivity contribution in [1.82, 2.24) is 10.6 Å². The van der Waals surface area contributed by atoms with Crippen LogP contribution in [0.2, 0.25) is 0 Å². The minimum Gasteiger partial charge on any atom is -0.493 e. The highest BCUT2D eigenvalue weighted by atomic mass is 19.3. The fraction of sp³-hybridized carbons (Fsp3) is 0.391. The number of carbonyl (C=O) groups excluding carboxylic acids is 2. The molecule has 6 nitrogen and oxygen atoms in total. The normalized spacial score (nSPS) is 12.3. The third-order valence-corrected chi connectivity index (χ3v) is 4.66. The Morgan fingerprint density at radius 3 is 2.23 bits per heavy atom. The lowest BCUT2D eigenvalue weighted by atomic mass is 9.86. The van der Waals surface area contributed by atoms with Gasteiger partial charge in [0, 0.05) is 12.1 Å². The summed E-state index contributed by atoms with van der Waals surface area (Å²) in [5, 5.41) is 5.36. The summed E-state index contributed by atoms with van der Waals surface area (Å²) in [7, 11) is 1.33. The monoisotopic (exact) mass is 434 g/mol. The van der Waals surface area contributed by atoms with Gasteiger partial charge in [-0.1, -0.05) is 39.0 Å². The van der Waals surface area contributed by atoms with Gasteiger partial charge in [-0.05, 0) is 47.7 Å². The summed E-state index contributed by atoms with van der Waals surface area (Å²) in [6.45, 7) is 5.01. The molecule has 0 aliphatic heterocycles. The lowest BCUT2D eigenvalue weighted by Crippen LogP contribution is -2.44. The van der Waals surface area contributed by atoms with Crippen LogP contribution in [0.15, 0.2) is 42.5 Å². The van der Waals surface area contributed by atoms with Gasteiger partial charge < -0.3 is 20.1 Å². The second-order valence-electron chi connectivity index (χ2n) is 8.10. The van der Waals surface area contributed by atoms with Crippen molar-refractivity contribution in [1.29, 1.82) is 0 Å². The van der Waals surface area contributed by atoms with Crippen LogP contribution in [0, 0.1) is 0 Å². The number of carbonyl (C=O) groups is 2. The molecule has 0 aliphatic carbocycles. The molecule has 2 amide bonds. The van der Waals surface area contributed by atoms with E-state index in [0.29, 0.717) is 11.1 Å². The van der Waals surface area contributed by atoms with E-state index in [1.54, 1.807) is 25.1 Å². The predicted molar refractivity (Wildman–Crippen MR) is 114 cm³/mol. The average Bonchev–Trinajstić information content (AvgIpc) is 2.71. The maximum Gasteiger partial charge on any atom is 0.387 e. The molecular weight excluding hydrogens is 406 g/mol. The molecular formula is C23H28F2N2O4. The molecule has 0 fully saturated rings. The van der Waals surface area contributed by atoms with Crippen LogP contribution >= 0.6 is 0 Å². The van der Waals surface area contributed by atoms with Gasteiger partial charge in [-0.2, -0.15) is 8.78 Å². The first kappa shape index (κ1) is 24.1. The summed E-state index contributed by atoms with van der Waals surface area (Å²) >= 11 is 0. The molecule has 0 saturated heterocycles. The number of rotatable bonds is 8. The van der Waals surface area contributed by atoms with Crippen molar-refractivity contribution in [2.75, 3.05) is 7.11 Å². The summed E-state index contributed by atoms with van der Waals surface area (Å²) < 4.78 is 34.2. The van der Waals surface area contributed by atoms with Crippen molar-refractivity contribution in [3.8, 4) is 11.5 Å². The summed E-state index contributed by atoms with van der Waals surface area (Å²) in [6.07, 6.45) is 0. The molecule has 168 valence electrons. The molecule has 0 aromatic heterocycles. The van der Waals surface area contributed by atoms with E-state index < -0.39 is 12.7 Å². The molecule has 31 heavy (non-hydrogen) atoms. The standard InChI is InChI=1S/C23H28F2N2O4/c1-14(27-21(29)16-7-9-17(10-8-16)23(2,3)4)20(28)26-13-15-6-11-18(31-22(24)25)19(12-15)30-5/h6-12,14,22H,13H2,1-5H3,(H,26,28)(H,27,29). The molecule has 1 atom stereocenters. The molecule has 2 aromatic carbocycles. The molecule has 0 aliphatic rings. The van der Waals surface area contributed by atoms with Crippen LogP contribution in [-0.2, 0) is 16.8 Å². The quantitative estimate of drug-likeness (QED) is 0.658. The highest BCUT2D eigenvalue weighted by Gasteiger charge is 2.18. The van der Waals surface area contributed by atoms with Gasteiger partial charge in [0.15, 0.2) is 11.5 Å². The Bertz CT molecular complexity index is 909. The maximum absolute atomic E-state index is 12.4. The van der Waals surface area contributed by atoms with E-state index in [0.717, 1.165) is 5.56 Å². The van der Waals surface area contributed by atoms with Crippen molar-refractivity contribution in [2.24, 2.45) is 0 Å². The first-order valence-electron chi connectivity index (χ1n) is 9.82. The SMILES string of the molecule is COc1cc(CNC(=O)C(C)NC(=O)c2ccc(C(C)(C)C)cc2)ccc1OC(F)F. The van der Waals surface area contributed by atoms with Gasteiger partial charge in [-0.15, -0.1) is 0 Å². The van der Waals surface area contributed by atoms with Gasteiger partial charge in [-0.25, -0.2) is 0 Å². The summed E-state index contributed by atoms with van der Waals surface area (Å²) in [6, 6.07) is 10.9. The Morgan fingerprint density at radius 2 is 1.68 bits per heavy atom. The zero-order valence-corrected chi connectivity index (χ0v) is 18.3. The summed E-state index contributed by atoms with van der Waals surface area (Å²) in [5.41, 5.74) is 2.18. The number of amides is 2. The lowest BCUT2D eigenvalue weighted by Gasteiger charge is -2.19. The summed E-state index contributed by atoms with van der Waals surface area (Å²) in [4.78, 5) is 24.8. The van der Waals surface area contributed by atoms with Gasteiger partial charge in [-0.3, -0.25) is 9.59 Å². The number of alkyl halides is 2. The van der Waals surface area contributed by atoms with Gasteiger partial charge in [0.2, 0.25) is 5.91 Å². The Morgan fingerprint density at radius 1 is 1.03 bits per heavy atom. The van der Waals surface area contributed by atoms with Crippen molar-refractivity contribution in [3.05, 3.63) is 59.2 Å². The molecule has 0 spiro atoms. The van der Waals surface area contributed by atoms with Gasteiger partial charge >= 0.3 is 6.61 Å². The van der Waals surface area contributed by atoms with Crippen LogP contribution in [0.1, 0.15) is 49.2 Å². The van der Waals surface area contributed by atoms with Gasteiger partial charge in [0.25, 0.3) is 5.91 Å². The zero-order chi connectivity index (χ0) is 23.2. The minimum absolute atomic E-state index is 0.0192. The highest BCUT2D eigenvalue weighted by Crippen LogP contribution is 2.29. The molecule has 0 bridgehead atoms. The maximum atomic E-state index is 12.4. The smallest absolute Gasteiger partial charge is 0.387 e. The molecule has 0 radical (unpaired) electrons. The number of methoxy groups -OCH3 is 1. The number of nitrogens with one attached hydrogen (secondary N) is 2. The molecule has 1 unspecified atom stereocenters. The topological polar surface area (TPSA) is 76.7 Å². The van der Waals surface area contributed by atoms with Crippen LogP contribution in [-0.4, -0.2) is 31.6 Å². The van der Waals surface area contributed by atoms with Crippen LogP contribution in [0.4, 0.5) is 8.78 Å². The van der Waals surface area contributed by atoms with E-state index in [9.17, 15) is 18.4 Å². The average molecular weight is 434 g/mol. The summed E-state index contributed by atoms with van der Waals surface area (Å²) in [5.74, 6) is -0.692. The van der Waals surface area contributed by atoms with E-state index in [4.69, 9.17) is 4.74 Å². The van der Waals surface area contributed by atoms with E-state index in [1.165, 1.54) is 19.2 Å². The number of benzene rings is 2. The largest absolute Gasteiger partial charge is 0.493 e. The number of halogens is 2. The Hall–Kier alpha value is -3.16. The minimum atomic E-state index is -2.96. The Labute approximate surface area is 180 Å². The number of ether oxygens (including phenoxy) is 2. The fourth-order valence-corrected chi connectivity index (χ4v) is 2.82. The van der Waals surface area contributed by atoms with E-state index >= 15 is 0 Å². The van der Waals surface area contributed by atoms with Crippen LogP contribution in [0.25, 0.3) is 0 Å². The number of hydrogen-bond acceptors (Lipinski definition) is 4. The van der Waals surface area contributed by atoms with E-state index in [2.05, 4.69) is 36.1 Å². The lowest BCUT2D eigenvalue weighted by molar-refractivity contribution is -0.122. The molecule has 8 heteroatoms. The van der Waals surface area contributed by atoms with Crippen LogP contribution < -0.4 is 20.1 Å². The molecule has 0 saturated carbocycles. The van der Waals surface area contributed by atoms with Gasteiger partial charge in [0.1, 0.15) is 6.04 Å². The van der Waals surface area contributed by atoms with Crippen LogP contribution in [0.5, 0.6) is 11.5 Å². The Balaban J connectivity index is 1.93. The van der Waals surface area contributed by atoms with E-state index in [1.807, 2.05) is 12.1 Å². The molecule has 2 N–H and O–H groups in total. The number of hydrogen-bond donors (Lipinski definition) is 2. The van der Waals surface area contributed by atoms with Crippen molar-refractivity contribution in [2.45, 2.75) is 52.3 Å². The van der Waals surface area contributed by atoms with Crippen molar-refractivity contribution in [3.63, 3.8) is 0 Å². The zero-order valence-electron chi connectivity index (χ0n) is 18.3. The highest BCUT2D eigenvalue weighted by molar-refractivity contribution is 5.97. The molecule has 0 heterocycles. The van der Waals surface area contributed by atoms with Crippen molar-refractivity contribution < 1.29 is 27.8 Å². The first-order valence-corrected chi connectivity index (χ1v) is 9.82. The Kier molecular flexibility index (Phi) is 7.96. The third kappa shape index (κ3) is 6.94. The van der Waals surface area contributed by atoms with Gasteiger partial charge in [0.05, 0.1) is 7.11 Å². The molecule has 2 rings (SSSR count). The fourth-order valence-electron chi connectivity index (χ4n) is 2.82. The second-order valence-corrected chi connectivity index (χ2v) is 8.10.